The molecule has 0 radical (unpaired) electrons. The van der Waals surface area contributed by atoms with Crippen LogP contribution >= 0.6 is 11.8 Å². The van der Waals surface area contributed by atoms with E-state index in [1.165, 1.54) is 34.9 Å². The molecule has 0 spiro atoms. The van der Waals surface area contributed by atoms with Gasteiger partial charge < -0.3 is 5.32 Å². The summed E-state index contributed by atoms with van der Waals surface area (Å²) in [4.78, 5) is 1.38. The molecule has 0 heterocycles. The number of hydrogen-bond acceptors (Lipinski definition) is 2. The topological polar surface area (TPSA) is 12.0 Å². The first kappa shape index (κ1) is 15.4. The quantitative estimate of drug-likeness (QED) is 0.711. The predicted octanol–water partition coefficient (Wildman–Crippen LogP) is 5.10. The second kappa shape index (κ2) is 7.70. The SMILES string of the molecule is CCCC(NC)C(CC)Sc1ccc2ccccc2c1. The van der Waals surface area contributed by atoms with Crippen molar-refractivity contribution in [1.82, 2.24) is 5.32 Å². The minimum Gasteiger partial charge on any atom is -0.316 e. The van der Waals surface area contributed by atoms with Gasteiger partial charge in [-0.15, -0.1) is 11.8 Å². The summed E-state index contributed by atoms with van der Waals surface area (Å²) in [5.41, 5.74) is 0. The minimum atomic E-state index is 0.599. The molecule has 0 aromatic heterocycles. The lowest BCUT2D eigenvalue weighted by atomic mass is 10.1. The van der Waals surface area contributed by atoms with Gasteiger partial charge in [0.15, 0.2) is 0 Å². The van der Waals surface area contributed by atoms with E-state index in [0.29, 0.717) is 11.3 Å². The van der Waals surface area contributed by atoms with Crippen molar-refractivity contribution in [3.63, 3.8) is 0 Å². The largest absolute Gasteiger partial charge is 0.316 e. The van der Waals surface area contributed by atoms with Crippen LogP contribution in [0.3, 0.4) is 0 Å². The van der Waals surface area contributed by atoms with Gasteiger partial charge >= 0.3 is 0 Å². The summed E-state index contributed by atoms with van der Waals surface area (Å²) in [6, 6.07) is 16.0. The fraction of sp³-hybridized carbons (Fsp3) is 0.444. The summed E-state index contributed by atoms with van der Waals surface area (Å²) in [6.07, 6.45) is 3.68. The maximum absolute atomic E-state index is 3.49. The molecule has 1 N–H and O–H groups in total. The zero-order valence-corrected chi connectivity index (χ0v) is 13.5. The van der Waals surface area contributed by atoms with Crippen LogP contribution in [-0.2, 0) is 0 Å². The minimum absolute atomic E-state index is 0.599. The summed E-state index contributed by atoms with van der Waals surface area (Å²) in [5, 5.41) is 6.79. The third kappa shape index (κ3) is 3.77. The van der Waals surface area contributed by atoms with E-state index in [1.54, 1.807) is 0 Å². The van der Waals surface area contributed by atoms with Crippen molar-refractivity contribution >= 4 is 22.5 Å². The van der Waals surface area contributed by atoms with Crippen molar-refractivity contribution in [2.75, 3.05) is 7.05 Å². The monoisotopic (exact) mass is 287 g/mol. The van der Waals surface area contributed by atoms with Crippen LogP contribution in [0.2, 0.25) is 0 Å². The van der Waals surface area contributed by atoms with Crippen LogP contribution in [0.1, 0.15) is 33.1 Å². The summed E-state index contributed by atoms with van der Waals surface area (Å²) >= 11 is 2.01. The Kier molecular flexibility index (Phi) is 5.93. The Labute approximate surface area is 127 Å². The molecule has 0 saturated carbocycles. The first-order chi connectivity index (χ1) is 9.78. The Morgan fingerprint density at radius 3 is 2.45 bits per heavy atom. The molecule has 108 valence electrons. The molecule has 2 aromatic carbocycles. The average Bonchev–Trinajstić information content (AvgIpc) is 2.50. The molecule has 2 unspecified atom stereocenters. The Morgan fingerprint density at radius 1 is 1.05 bits per heavy atom. The number of hydrogen-bond donors (Lipinski definition) is 1. The standard InChI is InChI=1S/C18H25NS/c1-4-8-17(19-3)18(5-2)20-16-12-11-14-9-6-7-10-15(14)13-16/h6-7,9-13,17-19H,4-5,8H2,1-3H3. The van der Waals surface area contributed by atoms with Crippen molar-refractivity contribution < 1.29 is 0 Å². The van der Waals surface area contributed by atoms with Crippen LogP contribution in [0, 0.1) is 0 Å². The third-order valence-corrected chi connectivity index (χ3v) is 5.32. The Balaban J connectivity index is 2.16. The van der Waals surface area contributed by atoms with Gasteiger partial charge in [-0.1, -0.05) is 50.6 Å². The molecule has 0 fully saturated rings. The third-order valence-electron chi connectivity index (χ3n) is 3.83. The van der Waals surface area contributed by atoms with E-state index in [-0.39, 0.29) is 0 Å². The van der Waals surface area contributed by atoms with E-state index in [4.69, 9.17) is 0 Å². The van der Waals surface area contributed by atoms with Crippen molar-refractivity contribution in [2.45, 2.75) is 49.3 Å². The van der Waals surface area contributed by atoms with Crippen molar-refractivity contribution in [3.8, 4) is 0 Å². The highest BCUT2D eigenvalue weighted by atomic mass is 32.2. The first-order valence-corrected chi connectivity index (χ1v) is 8.49. The molecule has 0 saturated heterocycles. The predicted molar refractivity (Wildman–Crippen MR) is 91.6 cm³/mol. The molecule has 0 amide bonds. The lowest BCUT2D eigenvalue weighted by Gasteiger charge is -2.25. The fourth-order valence-electron chi connectivity index (χ4n) is 2.69. The van der Waals surface area contributed by atoms with Gasteiger partial charge in [0, 0.05) is 16.2 Å². The molecule has 0 bridgehead atoms. The molecule has 2 aromatic rings. The molecule has 1 nitrogen and oxygen atoms in total. The van der Waals surface area contributed by atoms with Crippen LogP contribution in [0.5, 0.6) is 0 Å². The number of rotatable bonds is 7. The van der Waals surface area contributed by atoms with E-state index in [9.17, 15) is 0 Å². The maximum atomic E-state index is 3.49. The van der Waals surface area contributed by atoms with Gasteiger partial charge in [0.05, 0.1) is 0 Å². The van der Waals surface area contributed by atoms with E-state index in [2.05, 4.69) is 68.7 Å². The number of thioether (sulfide) groups is 1. The summed E-state index contributed by atoms with van der Waals surface area (Å²) in [7, 11) is 2.09. The van der Waals surface area contributed by atoms with Crippen molar-refractivity contribution in [3.05, 3.63) is 42.5 Å². The van der Waals surface area contributed by atoms with Gasteiger partial charge in [-0.3, -0.25) is 0 Å². The Hall–Kier alpha value is -0.990. The summed E-state index contributed by atoms with van der Waals surface area (Å²) in [6.45, 7) is 4.55. The van der Waals surface area contributed by atoms with Crippen LogP contribution in [-0.4, -0.2) is 18.3 Å². The highest BCUT2D eigenvalue weighted by Gasteiger charge is 2.18. The molecule has 2 rings (SSSR count). The van der Waals surface area contributed by atoms with E-state index in [0.717, 1.165) is 0 Å². The second-order valence-corrected chi connectivity index (χ2v) is 6.57. The zero-order valence-electron chi connectivity index (χ0n) is 12.7. The molecular formula is C18H25NS. The fourth-order valence-corrected chi connectivity index (χ4v) is 3.99. The lowest BCUT2D eigenvalue weighted by Crippen LogP contribution is -2.35. The second-order valence-electron chi connectivity index (χ2n) is 5.26. The highest BCUT2D eigenvalue weighted by Crippen LogP contribution is 2.31. The van der Waals surface area contributed by atoms with Crippen LogP contribution in [0.25, 0.3) is 10.8 Å². The molecule has 20 heavy (non-hydrogen) atoms. The number of benzene rings is 2. The van der Waals surface area contributed by atoms with E-state index < -0.39 is 0 Å². The first-order valence-electron chi connectivity index (χ1n) is 7.61. The van der Waals surface area contributed by atoms with E-state index in [1.807, 2.05) is 11.8 Å². The number of nitrogens with one attached hydrogen (secondary N) is 1. The number of fused-ring (bicyclic) bond motifs is 1. The lowest BCUT2D eigenvalue weighted by molar-refractivity contribution is 0.490. The zero-order chi connectivity index (χ0) is 14.4. The highest BCUT2D eigenvalue weighted by molar-refractivity contribution is 8.00. The smallest absolute Gasteiger partial charge is 0.0245 e. The van der Waals surface area contributed by atoms with Gasteiger partial charge in [-0.05, 0) is 42.8 Å². The Bertz CT molecular complexity index is 538. The van der Waals surface area contributed by atoms with Gasteiger partial charge in [0.2, 0.25) is 0 Å². The van der Waals surface area contributed by atoms with Gasteiger partial charge in [0.25, 0.3) is 0 Å². The van der Waals surface area contributed by atoms with Crippen LogP contribution in [0.15, 0.2) is 47.4 Å². The molecule has 0 aliphatic rings. The molecule has 0 aliphatic heterocycles. The van der Waals surface area contributed by atoms with E-state index >= 15 is 0 Å². The molecular weight excluding hydrogens is 262 g/mol. The van der Waals surface area contributed by atoms with Crippen molar-refractivity contribution in [2.24, 2.45) is 0 Å². The van der Waals surface area contributed by atoms with Gasteiger partial charge in [-0.25, -0.2) is 0 Å². The average molecular weight is 287 g/mol. The molecule has 2 atom stereocenters. The molecule has 0 aliphatic carbocycles. The van der Waals surface area contributed by atoms with Crippen LogP contribution < -0.4 is 5.32 Å². The Morgan fingerprint density at radius 2 is 1.80 bits per heavy atom. The van der Waals surface area contributed by atoms with Gasteiger partial charge in [-0.2, -0.15) is 0 Å². The maximum Gasteiger partial charge on any atom is 0.0245 e. The van der Waals surface area contributed by atoms with Crippen molar-refractivity contribution in [1.29, 1.82) is 0 Å². The van der Waals surface area contributed by atoms with Gasteiger partial charge in [0.1, 0.15) is 0 Å². The normalized spacial score (nSPS) is 14.3. The summed E-state index contributed by atoms with van der Waals surface area (Å²) in [5.74, 6) is 0. The molecule has 2 heteroatoms. The summed E-state index contributed by atoms with van der Waals surface area (Å²) < 4.78 is 0. The van der Waals surface area contributed by atoms with Crippen LogP contribution in [0.4, 0.5) is 0 Å².